The molecule has 1 atom stereocenters. The molecule has 1 unspecified atom stereocenters. The summed E-state index contributed by atoms with van der Waals surface area (Å²) >= 11 is 0. The summed E-state index contributed by atoms with van der Waals surface area (Å²) in [6.07, 6.45) is -4.55. The van der Waals surface area contributed by atoms with Gasteiger partial charge in [-0.2, -0.15) is 13.2 Å². The molecule has 0 aliphatic carbocycles. The maximum absolute atomic E-state index is 12.7. The number of carbonyl (C=O) groups excluding carboxylic acids is 2. The van der Waals surface area contributed by atoms with E-state index in [9.17, 15) is 22.8 Å². The lowest BCUT2D eigenvalue weighted by molar-refractivity contribution is -0.137. The predicted octanol–water partition coefficient (Wildman–Crippen LogP) is 1.61. The fraction of sp³-hybridized carbons (Fsp3) is 0.385. The van der Waals surface area contributed by atoms with Crippen LogP contribution in [0.25, 0.3) is 0 Å². The molecule has 3 N–H and O–H groups in total. The fourth-order valence-electron chi connectivity index (χ4n) is 1.68. The summed E-state index contributed by atoms with van der Waals surface area (Å²) < 4.78 is 38.1. The number of halogens is 3. The average Bonchev–Trinajstić information content (AvgIpc) is 2.44. The van der Waals surface area contributed by atoms with E-state index in [-0.39, 0.29) is 11.3 Å². The molecule has 0 saturated heterocycles. The van der Waals surface area contributed by atoms with Crippen molar-refractivity contribution >= 4 is 17.5 Å². The van der Waals surface area contributed by atoms with Gasteiger partial charge in [0.1, 0.15) is 6.04 Å². The second kappa shape index (κ2) is 6.47. The Hall–Kier alpha value is -2.25. The molecule has 0 spiro atoms. The first-order chi connectivity index (χ1) is 9.70. The normalized spacial score (nSPS) is 12.5. The van der Waals surface area contributed by atoms with E-state index in [0.717, 1.165) is 12.1 Å². The van der Waals surface area contributed by atoms with E-state index in [1.54, 1.807) is 0 Å². The highest BCUT2D eigenvalue weighted by Gasteiger charge is 2.32. The smallest absolute Gasteiger partial charge is 0.387 e. The lowest BCUT2D eigenvalue weighted by Crippen LogP contribution is -2.43. The molecule has 1 rings (SSSR count). The van der Waals surface area contributed by atoms with Crippen LogP contribution in [-0.2, 0) is 11.0 Å². The summed E-state index contributed by atoms with van der Waals surface area (Å²) in [6.45, 7) is 1.43. The summed E-state index contributed by atoms with van der Waals surface area (Å²) in [5.41, 5.74) is -0.869. The van der Waals surface area contributed by atoms with Crippen molar-refractivity contribution in [3.63, 3.8) is 0 Å². The van der Waals surface area contributed by atoms with Crippen molar-refractivity contribution in [2.45, 2.75) is 19.1 Å². The van der Waals surface area contributed by atoms with Crippen LogP contribution in [0.15, 0.2) is 18.2 Å². The van der Waals surface area contributed by atoms with Gasteiger partial charge in [0, 0.05) is 19.8 Å². The molecule has 1 aromatic carbocycles. The number of likely N-dealkylation sites (N-methyl/N-ethyl adjacent to an activating group) is 1. The number of anilines is 1. The first-order valence-corrected chi connectivity index (χ1v) is 6.12. The molecule has 0 aliphatic rings. The van der Waals surface area contributed by atoms with Gasteiger partial charge in [0.2, 0.25) is 5.91 Å². The minimum absolute atomic E-state index is 0.178. The van der Waals surface area contributed by atoms with Crippen LogP contribution < -0.4 is 16.0 Å². The third kappa shape index (κ3) is 4.11. The first kappa shape index (κ1) is 16.8. The van der Waals surface area contributed by atoms with Crippen LogP contribution in [0.4, 0.5) is 18.9 Å². The van der Waals surface area contributed by atoms with E-state index < -0.39 is 29.6 Å². The van der Waals surface area contributed by atoms with E-state index in [0.29, 0.717) is 0 Å². The van der Waals surface area contributed by atoms with Gasteiger partial charge in [0.15, 0.2) is 0 Å². The second-order valence-corrected chi connectivity index (χ2v) is 4.32. The Morgan fingerprint density at radius 3 is 2.29 bits per heavy atom. The molecule has 21 heavy (non-hydrogen) atoms. The van der Waals surface area contributed by atoms with Gasteiger partial charge < -0.3 is 16.0 Å². The van der Waals surface area contributed by atoms with Crippen LogP contribution in [0.3, 0.4) is 0 Å². The minimum atomic E-state index is -4.55. The Balaban J connectivity index is 3.09. The number of alkyl halides is 3. The van der Waals surface area contributed by atoms with Gasteiger partial charge in [0.05, 0.1) is 11.1 Å². The zero-order valence-corrected chi connectivity index (χ0v) is 11.8. The summed E-state index contributed by atoms with van der Waals surface area (Å²) in [5.74, 6) is -1.21. The van der Waals surface area contributed by atoms with Crippen LogP contribution in [0.1, 0.15) is 22.8 Å². The molecule has 0 radical (unpaired) electrons. The molecule has 5 nitrogen and oxygen atoms in total. The lowest BCUT2D eigenvalue weighted by Gasteiger charge is -2.16. The van der Waals surface area contributed by atoms with Gasteiger partial charge in [-0.1, -0.05) is 0 Å². The molecule has 0 aliphatic heterocycles. The SMILES string of the molecule is CNC(=O)C(C)NC(=O)c1cc(C(F)(F)F)ccc1NC. The number of carbonyl (C=O) groups is 2. The van der Waals surface area contributed by atoms with E-state index in [2.05, 4.69) is 16.0 Å². The van der Waals surface area contributed by atoms with Gasteiger partial charge in [-0.15, -0.1) is 0 Å². The lowest BCUT2D eigenvalue weighted by atomic mass is 10.1. The summed E-state index contributed by atoms with van der Waals surface area (Å²) in [5, 5.41) is 7.32. The molecule has 1 aromatic rings. The number of hydrogen-bond donors (Lipinski definition) is 3. The molecule has 0 fully saturated rings. The van der Waals surface area contributed by atoms with Crippen molar-refractivity contribution in [1.82, 2.24) is 10.6 Å². The van der Waals surface area contributed by atoms with E-state index in [1.165, 1.54) is 27.1 Å². The van der Waals surface area contributed by atoms with Crippen LogP contribution in [0.2, 0.25) is 0 Å². The zero-order valence-electron chi connectivity index (χ0n) is 11.8. The minimum Gasteiger partial charge on any atom is -0.387 e. The fourth-order valence-corrected chi connectivity index (χ4v) is 1.68. The number of benzene rings is 1. The largest absolute Gasteiger partial charge is 0.416 e. The molecule has 0 saturated carbocycles. The number of hydrogen-bond acceptors (Lipinski definition) is 3. The molecule has 8 heteroatoms. The average molecular weight is 303 g/mol. The molecule has 2 amide bonds. The van der Waals surface area contributed by atoms with Gasteiger partial charge in [-0.25, -0.2) is 0 Å². The van der Waals surface area contributed by atoms with Crippen LogP contribution >= 0.6 is 0 Å². The van der Waals surface area contributed by atoms with Gasteiger partial charge in [0.25, 0.3) is 5.91 Å². The summed E-state index contributed by atoms with van der Waals surface area (Å²) in [7, 11) is 2.88. The standard InChI is InChI=1S/C13H16F3N3O2/c1-7(11(20)18-3)19-12(21)9-6-8(13(14,15)16)4-5-10(9)17-2/h4-7,17H,1-3H3,(H,18,20)(H,19,21). The Bertz CT molecular complexity index is 544. The summed E-state index contributed by atoms with van der Waals surface area (Å²) in [4.78, 5) is 23.4. The predicted molar refractivity (Wildman–Crippen MR) is 72.0 cm³/mol. The first-order valence-electron chi connectivity index (χ1n) is 6.12. The zero-order chi connectivity index (χ0) is 16.2. The molecular weight excluding hydrogens is 287 g/mol. The van der Waals surface area contributed by atoms with Crippen LogP contribution in [-0.4, -0.2) is 32.0 Å². The molecule has 116 valence electrons. The van der Waals surface area contributed by atoms with E-state index in [4.69, 9.17) is 0 Å². The van der Waals surface area contributed by atoms with Crippen molar-refractivity contribution in [2.24, 2.45) is 0 Å². The summed E-state index contributed by atoms with van der Waals surface area (Å²) in [6, 6.07) is 1.94. The van der Waals surface area contributed by atoms with Crippen molar-refractivity contribution in [1.29, 1.82) is 0 Å². The topological polar surface area (TPSA) is 70.2 Å². The van der Waals surface area contributed by atoms with Gasteiger partial charge in [-0.05, 0) is 25.1 Å². The Kier molecular flexibility index (Phi) is 5.17. The molecule has 0 bridgehead atoms. The third-order valence-corrected chi connectivity index (χ3v) is 2.85. The Morgan fingerprint density at radius 2 is 1.81 bits per heavy atom. The highest BCUT2D eigenvalue weighted by Crippen LogP contribution is 2.31. The maximum Gasteiger partial charge on any atom is 0.416 e. The maximum atomic E-state index is 12.7. The van der Waals surface area contributed by atoms with Crippen molar-refractivity contribution in [2.75, 3.05) is 19.4 Å². The van der Waals surface area contributed by atoms with Crippen LogP contribution in [0.5, 0.6) is 0 Å². The highest BCUT2D eigenvalue weighted by molar-refractivity contribution is 6.01. The highest BCUT2D eigenvalue weighted by atomic mass is 19.4. The molecule has 0 heterocycles. The van der Waals surface area contributed by atoms with Crippen molar-refractivity contribution in [3.8, 4) is 0 Å². The van der Waals surface area contributed by atoms with Crippen molar-refractivity contribution in [3.05, 3.63) is 29.3 Å². The van der Waals surface area contributed by atoms with Gasteiger partial charge >= 0.3 is 6.18 Å². The van der Waals surface area contributed by atoms with Crippen molar-refractivity contribution < 1.29 is 22.8 Å². The quantitative estimate of drug-likeness (QED) is 0.791. The molecular formula is C13H16F3N3O2. The Morgan fingerprint density at radius 1 is 1.19 bits per heavy atom. The number of amides is 2. The van der Waals surface area contributed by atoms with Gasteiger partial charge in [-0.3, -0.25) is 9.59 Å². The van der Waals surface area contributed by atoms with Crippen LogP contribution in [0, 0.1) is 0 Å². The van der Waals surface area contributed by atoms with E-state index >= 15 is 0 Å². The molecule has 0 aromatic heterocycles. The monoisotopic (exact) mass is 303 g/mol. The van der Waals surface area contributed by atoms with E-state index in [1.807, 2.05) is 0 Å². The number of rotatable bonds is 4. The Labute approximate surface area is 119 Å². The second-order valence-electron chi connectivity index (χ2n) is 4.32. The number of nitrogens with one attached hydrogen (secondary N) is 3. The third-order valence-electron chi connectivity index (χ3n) is 2.85.